The SMILES string of the molecule is CC(C)N(Cc1nnc(-c2ccc([N+](=O)[O-])cc2)o1)C(=S)NCCC[NH+](C)C. The molecular formula is C18H27N6O3S+. The van der Waals surface area contributed by atoms with Crippen LogP contribution in [0.3, 0.4) is 0 Å². The van der Waals surface area contributed by atoms with Crippen LogP contribution in [-0.4, -0.2) is 58.4 Å². The molecule has 0 fully saturated rings. The predicted molar refractivity (Wildman–Crippen MR) is 110 cm³/mol. The molecule has 9 nitrogen and oxygen atoms in total. The van der Waals surface area contributed by atoms with Gasteiger partial charge >= 0.3 is 0 Å². The van der Waals surface area contributed by atoms with E-state index in [1.807, 2.05) is 18.7 Å². The summed E-state index contributed by atoms with van der Waals surface area (Å²) in [5.74, 6) is 0.755. The van der Waals surface area contributed by atoms with Crippen LogP contribution in [0.2, 0.25) is 0 Å². The van der Waals surface area contributed by atoms with E-state index in [2.05, 4.69) is 29.6 Å². The van der Waals surface area contributed by atoms with Gasteiger partial charge in [-0.1, -0.05) is 0 Å². The number of hydrogen-bond acceptors (Lipinski definition) is 6. The third-order valence-corrected chi connectivity index (χ3v) is 4.49. The van der Waals surface area contributed by atoms with Gasteiger partial charge < -0.3 is 19.5 Å². The van der Waals surface area contributed by atoms with Crippen molar-refractivity contribution in [3.05, 3.63) is 40.3 Å². The summed E-state index contributed by atoms with van der Waals surface area (Å²) in [7, 11) is 4.24. The highest BCUT2D eigenvalue weighted by Crippen LogP contribution is 2.22. The van der Waals surface area contributed by atoms with E-state index in [-0.39, 0.29) is 11.7 Å². The molecule has 0 saturated carbocycles. The van der Waals surface area contributed by atoms with Crippen LogP contribution >= 0.6 is 12.2 Å². The number of rotatable bonds is 9. The lowest BCUT2D eigenvalue weighted by molar-refractivity contribution is -0.858. The Kier molecular flexibility index (Phi) is 7.82. The molecule has 0 unspecified atom stereocenters. The molecule has 10 heteroatoms. The molecule has 2 rings (SSSR count). The first kappa shape index (κ1) is 21.7. The summed E-state index contributed by atoms with van der Waals surface area (Å²) in [6.45, 7) is 6.37. The van der Waals surface area contributed by atoms with Gasteiger partial charge in [-0.15, -0.1) is 10.2 Å². The molecule has 0 atom stereocenters. The molecular weight excluding hydrogens is 380 g/mol. The van der Waals surface area contributed by atoms with Gasteiger partial charge in [0, 0.05) is 36.7 Å². The zero-order valence-electron chi connectivity index (χ0n) is 16.6. The fourth-order valence-corrected chi connectivity index (χ4v) is 2.91. The van der Waals surface area contributed by atoms with Crippen molar-refractivity contribution in [2.24, 2.45) is 0 Å². The van der Waals surface area contributed by atoms with Crippen molar-refractivity contribution < 1.29 is 14.2 Å². The minimum atomic E-state index is -0.447. The zero-order chi connectivity index (χ0) is 20.7. The number of quaternary nitrogens is 1. The molecule has 0 radical (unpaired) electrons. The molecule has 0 bridgehead atoms. The van der Waals surface area contributed by atoms with Gasteiger partial charge in [-0.2, -0.15) is 0 Å². The largest absolute Gasteiger partial charge is 0.419 e. The van der Waals surface area contributed by atoms with E-state index < -0.39 is 4.92 Å². The van der Waals surface area contributed by atoms with Crippen LogP contribution in [-0.2, 0) is 6.54 Å². The Morgan fingerprint density at radius 3 is 2.57 bits per heavy atom. The summed E-state index contributed by atoms with van der Waals surface area (Å²) in [6, 6.07) is 6.17. The first-order valence-corrected chi connectivity index (χ1v) is 9.59. The molecule has 1 aromatic carbocycles. The molecule has 1 heterocycles. The predicted octanol–water partition coefficient (Wildman–Crippen LogP) is 1.26. The van der Waals surface area contributed by atoms with E-state index in [1.165, 1.54) is 17.0 Å². The maximum Gasteiger partial charge on any atom is 0.269 e. The minimum absolute atomic E-state index is 0.0155. The van der Waals surface area contributed by atoms with E-state index >= 15 is 0 Å². The Hall–Kier alpha value is -2.59. The van der Waals surface area contributed by atoms with Crippen molar-refractivity contribution >= 4 is 23.0 Å². The van der Waals surface area contributed by atoms with E-state index in [9.17, 15) is 10.1 Å². The van der Waals surface area contributed by atoms with Crippen LogP contribution in [0.25, 0.3) is 11.5 Å². The first-order valence-electron chi connectivity index (χ1n) is 9.18. The van der Waals surface area contributed by atoms with Gasteiger partial charge in [0.1, 0.15) is 0 Å². The summed E-state index contributed by atoms with van der Waals surface area (Å²) >= 11 is 5.52. The fourth-order valence-electron chi connectivity index (χ4n) is 2.53. The minimum Gasteiger partial charge on any atom is -0.419 e. The molecule has 2 aromatic rings. The third-order valence-electron chi connectivity index (χ3n) is 4.11. The van der Waals surface area contributed by atoms with Crippen LogP contribution in [0.1, 0.15) is 26.2 Å². The summed E-state index contributed by atoms with van der Waals surface area (Å²) in [6.07, 6.45) is 1.03. The standard InChI is InChI=1S/C18H26N6O3S/c1-13(2)23(18(28)19-10-5-11-22(3)4)12-16-20-21-17(27-16)14-6-8-15(9-7-14)24(25)26/h6-9,13H,5,10-12H2,1-4H3,(H,19,28)/p+1. The van der Waals surface area contributed by atoms with E-state index in [4.69, 9.17) is 16.6 Å². The molecule has 2 N–H and O–H groups in total. The normalized spacial score (nSPS) is 11.1. The maximum absolute atomic E-state index is 10.8. The molecule has 152 valence electrons. The van der Waals surface area contributed by atoms with Gasteiger partial charge in [0.05, 0.1) is 32.1 Å². The second kappa shape index (κ2) is 10.1. The van der Waals surface area contributed by atoms with Crippen molar-refractivity contribution in [3.63, 3.8) is 0 Å². The highest BCUT2D eigenvalue weighted by molar-refractivity contribution is 7.80. The molecule has 1 aromatic heterocycles. The van der Waals surface area contributed by atoms with Crippen molar-refractivity contribution in [2.75, 3.05) is 27.2 Å². The van der Waals surface area contributed by atoms with Crippen molar-refractivity contribution in [2.45, 2.75) is 32.9 Å². The quantitative estimate of drug-likeness (QED) is 0.277. The number of aromatic nitrogens is 2. The maximum atomic E-state index is 10.8. The number of benzene rings is 1. The molecule has 0 aliphatic heterocycles. The molecule has 0 aliphatic carbocycles. The number of nitrogens with zero attached hydrogens (tertiary/aromatic N) is 4. The monoisotopic (exact) mass is 407 g/mol. The number of thiocarbonyl (C=S) groups is 1. The number of non-ortho nitro benzene ring substituents is 1. The van der Waals surface area contributed by atoms with E-state index in [0.29, 0.717) is 29.0 Å². The van der Waals surface area contributed by atoms with Crippen LogP contribution in [0, 0.1) is 10.1 Å². The summed E-state index contributed by atoms with van der Waals surface area (Å²) in [5.41, 5.74) is 0.647. The average Bonchev–Trinajstić information content (AvgIpc) is 3.11. The Morgan fingerprint density at radius 1 is 1.32 bits per heavy atom. The highest BCUT2D eigenvalue weighted by Gasteiger charge is 2.18. The second-order valence-electron chi connectivity index (χ2n) is 7.07. The lowest BCUT2D eigenvalue weighted by atomic mass is 10.2. The first-order chi connectivity index (χ1) is 13.3. The Bertz CT molecular complexity index is 791. The number of hydrogen-bond donors (Lipinski definition) is 2. The summed E-state index contributed by atoms with van der Waals surface area (Å²) in [4.78, 5) is 13.7. The van der Waals surface area contributed by atoms with Gasteiger partial charge in [-0.05, 0) is 38.2 Å². The Balaban J connectivity index is 2.00. The number of nitro groups is 1. The second-order valence-corrected chi connectivity index (χ2v) is 7.46. The summed E-state index contributed by atoms with van der Waals surface area (Å²) < 4.78 is 5.73. The van der Waals surface area contributed by atoms with Crippen molar-refractivity contribution in [3.8, 4) is 11.5 Å². The topological polar surface area (TPSA) is 102 Å². The Morgan fingerprint density at radius 2 is 2.00 bits per heavy atom. The van der Waals surface area contributed by atoms with Crippen LogP contribution in [0.15, 0.2) is 28.7 Å². The van der Waals surface area contributed by atoms with Crippen LogP contribution < -0.4 is 10.2 Å². The van der Waals surface area contributed by atoms with E-state index in [0.717, 1.165) is 19.5 Å². The van der Waals surface area contributed by atoms with Crippen molar-refractivity contribution in [1.29, 1.82) is 0 Å². The van der Waals surface area contributed by atoms with Gasteiger partial charge in [0.15, 0.2) is 5.11 Å². The average molecular weight is 408 g/mol. The molecule has 0 saturated heterocycles. The smallest absolute Gasteiger partial charge is 0.269 e. The Labute approximate surface area is 169 Å². The van der Waals surface area contributed by atoms with Gasteiger partial charge in [-0.25, -0.2) is 0 Å². The molecule has 0 amide bonds. The fraction of sp³-hybridized carbons (Fsp3) is 0.500. The number of nitrogens with one attached hydrogen (secondary N) is 2. The lowest BCUT2D eigenvalue weighted by Gasteiger charge is -2.28. The number of nitro benzene ring substituents is 1. The third kappa shape index (κ3) is 6.24. The van der Waals surface area contributed by atoms with Crippen LogP contribution in [0.4, 0.5) is 5.69 Å². The van der Waals surface area contributed by atoms with Gasteiger partial charge in [0.25, 0.3) is 5.69 Å². The lowest BCUT2D eigenvalue weighted by Crippen LogP contribution is -3.05. The van der Waals surface area contributed by atoms with Gasteiger partial charge in [-0.3, -0.25) is 10.1 Å². The van der Waals surface area contributed by atoms with E-state index in [1.54, 1.807) is 12.1 Å². The van der Waals surface area contributed by atoms with Crippen molar-refractivity contribution in [1.82, 2.24) is 20.4 Å². The summed E-state index contributed by atoms with van der Waals surface area (Å²) in [5, 5.41) is 22.8. The molecule has 28 heavy (non-hydrogen) atoms. The zero-order valence-corrected chi connectivity index (χ0v) is 17.5. The molecule has 0 spiro atoms. The molecule has 0 aliphatic rings. The van der Waals surface area contributed by atoms with Gasteiger partial charge in [0.2, 0.25) is 11.8 Å². The van der Waals surface area contributed by atoms with Crippen LogP contribution in [0.5, 0.6) is 0 Å². The highest BCUT2D eigenvalue weighted by atomic mass is 32.1.